The van der Waals surface area contributed by atoms with Gasteiger partial charge in [-0.15, -0.1) is 13.2 Å². The summed E-state index contributed by atoms with van der Waals surface area (Å²) in [7, 11) is 0. The van der Waals surface area contributed by atoms with E-state index in [4.69, 9.17) is 14.9 Å². The minimum Gasteiger partial charge on any atom is -0.481 e. The highest BCUT2D eigenvalue weighted by atomic mass is 16.6. The summed E-state index contributed by atoms with van der Waals surface area (Å²) in [6.45, 7) is 9.42. The number of esters is 1. The summed E-state index contributed by atoms with van der Waals surface area (Å²) in [5, 5.41) is 35.3. The molecule has 0 radical (unpaired) electrons. The number of ether oxygens (including phenoxy) is 1. The molecule has 3 atom stereocenters. The van der Waals surface area contributed by atoms with Crippen molar-refractivity contribution in [3.63, 3.8) is 0 Å². The Morgan fingerprint density at radius 1 is 0.633 bits per heavy atom. The predicted octanol–water partition coefficient (Wildman–Crippen LogP) is 9.99. The monoisotopic (exact) mass is 696 g/mol. The number of allylic oxidation sites excluding steroid dienone is 2. The summed E-state index contributed by atoms with van der Waals surface area (Å²) in [5.41, 5.74) is 0. The molecule has 0 aromatic heterocycles. The van der Waals surface area contributed by atoms with Crippen LogP contribution in [-0.4, -0.2) is 56.4 Å². The number of aliphatic carboxylic acids is 4. The minimum absolute atomic E-state index is 0.00181. The maximum atomic E-state index is 11.4. The van der Waals surface area contributed by atoms with Gasteiger partial charge in [-0.05, 0) is 44.9 Å². The molecule has 0 aromatic carbocycles. The highest BCUT2D eigenvalue weighted by Crippen LogP contribution is 2.31. The van der Waals surface area contributed by atoms with Crippen molar-refractivity contribution in [2.45, 2.75) is 180 Å². The SMILES string of the molecule is C=CCCCCC(=O)O.C=CCCCCCCCCCCCCC(=O)O.CCCCCCCCCCC(C(=O)O)C(C(=O)O)C1CC(=O)O1. The van der Waals surface area contributed by atoms with Crippen molar-refractivity contribution < 1.29 is 49.1 Å². The standard InChI is InChI=1S/C17H28O6.C15H28O2.C7H12O2/c1-2-3-4-5-6-7-8-9-10-12(16(19)20)15(17(21)22)13-11-14(18)23-13;1-2-3-4-5-6-7-8-9-10-11-12-13-14-15(16)17;1-2-3-4-5-6-7(8)9/h12-13,15H,2-11H2,1H3,(H,19,20)(H,21,22);2H,1,3-14H2,(H,16,17);2H,1,3-6H2,(H,8,9). The topological polar surface area (TPSA) is 175 Å². The molecule has 3 unspecified atom stereocenters. The molecule has 284 valence electrons. The molecular weight excluding hydrogens is 628 g/mol. The second-order valence-electron chi connectivity index (χ2n) is 13.0. The van der Waals surface area contributed by atoms with Gasteiger partial charge in [-0.3, -0.25) is 24.0 Å². The average Bonchev–Trinajstić information content (AvgIpc) is 3.03. The average molecular weight is 697 g/mol. The Balaban J connectivity index is 0. The molecule has 1 rings (SSSR count). The van der Waals surface area contributed by atoms with E-state index in [0.29, 0.717) is 19.3 Å². The van der Waals surface area contributed by atoms with E-state index in [9.17, 15) is 34.2 Å². The van der Waals surface area contributed by atoms with Gasteiger partial charge in [0, 0.05) is 12.8 Å². The fourth-order valence-electron chi connectivity index (χ4n) is 5.61. The number of carboxylic acid groups (broad SMARTS) is 4. The Labute approximate surface area is 295 Å². The fourth-order valence-corrected chi connectivity index (χ4v) is 5.61. The largest absolute Gasteiger partial charge is 0.481 e. The number of hydrogen-bond acceptors (Lipinski definition) is 6. The zero-order valence-electron chi connectivity index (χ0n) is 30.4. The van der Waals surface area contributed by atoms with Crippen LogP contribution >= 0.6 is 0 Å². The van der Waals surface area contributed by atoms with E-state index < -0.39 is 47.8 Å². The summed E-state index contributed by atoms with van der Waals surface area (Å²) in [6, 6.07) is 0. The lowest BCUT2D eigenvalue weighted by Gasteiger charge is -2.33. The lowest BCUT2D eigenvalue weighted by molar-refractivity contribution is -0.186. The van der Waals surface area contributed by atoms with Gasteiger partial charge in [0.15, 0.2) is 0 Å². The summed E-state index contributed by atoms with van der Waals surface area (Å²) < 4.78 is 4.79. The molecule has 1 aliphatic heterocycles. The van der Waals surface area contributed by atoms with Gasteiger partial charge < -0.3 is 25.2 Å². The van der Waals surface area contributed by atoms with Crippen LogP contribution in [0.2, 0.25) is 0 Å². The van der Waals surface area contributed by atoms with Crippen molar-refractivity contribution in [2.75, 3.05) is 0 Å². The Hall–Kier alpha value is -3.17. The first-order chi connectivity index (χ1) is 23.5. The highest BCUT2D eigenvalue weighted by Gasteiger charge is 2.46. The van der Waals surface area contributed by atoms with E-state index in [1.165, 1.54) is 77.0 Å². The zero-order valence-corrected chi connectivity index (χ0v) is 30.4. The van der Waals surface area contributed by atoms with Crippen molar-refractivity contribution in [1.29, 1.82) is 0 Å². The molecule has 1 aliphatic rings. The molecule has 0 spiro atoms. The van der Waals surface area contributed by atoms with Crippen LogP contribution in [-0.2, 0) is 28.7 Å². The first-order valence-corrected chi connectivity index (χ1v) is 18.8. The smallest absolute Gasteiger partial charge is 0.311 e. The number of unbranched alkanes of at least 4 members (excludes halogenated alkanes) is 19. The fraction of sp³-hybridized carbons (Fsp3) is 0.769. The third-order valence-electron chi connectivity index (χ3n) is 8.55. The van der Waals surface area contributed by atoms with Gasteiger partial charge in [0.2, 0.25) is 0 Å². The predicted molar refractivity (Wildman–Crippen MR) is 194 cm³/mol. The van der Waals surface area contributed by atoms with Gasteiger partial charge in [0.05, 0.1) is 12.3 Å². The van der Waals surface area contributed by atoms with Crippen molar-refractivity contribution in [3.05, 3.63) is 25.3 Å². The molecule has 0 bridgehead atoms. The molecule has 49 heavy (non-hydrogen) atoms. The second-order valence-corrected chi connectivity index (χ2v) is 13.0. The van der Waals surface area contributed by atoms with Gasteiger partial charge in [0.25, 0.3) is 0 Å². The van der Waals surface area contributed by atoms with Gasteiger partial charge in [-0.2, -0.15) is 0 Å². The van der Waals surface area contributed by atoms with Crippen LogP contribution in [0.25, 0.3) is 0 Å². The molecule has 0 aromatic rings. The number of carboxylic acids is 4. The molecule has 1 saturated heterocycles. The normalized spacial score (nSPS) is 14.4. The first-order valence-electron chi connectivity index (χ1n) is 18.8. The number of carbonyl (C=O) groups is 5. The summed E-state index contributed by atoms with van der Waals surface area (Å²) >= 11 is 0. The molecule has 0 aliphatic carbocycles. The number of carbonyl (C=O) groups excluding carboxylic acids is 1. The summed E-state index contributed by atoms with van der Waals surface area (Å²) in [6.07, 6.45) is 28.8. The molecule has 1 fully saturated rings. The maximum Gasteiger partial charge on any atom is 0.311 e. The van der Waals surface area contributed by atoms with E-state index >= 15 is 0 Å². The number of rotatable bonds is 31. The van der Waals surface area contributed by atoms with E-state index in [1.807, 2.05) is 12.2 Å². The van der Waals surface area contributed by atoms with E-state index in [2.05, 4.69) is 20.1 Å². The summed E-state index contributed by atoms with van der Waals surface area (Å²) in [5.74, 6) is -6.29. The van der Waals surface area contributed by atoms with Crippen LogP contribution in [0.15, 0.2) is 25.3 Å². The second kappa shape index (κ2) is 34.7. The van der Waals surface area contributed by atoms with Gasteiger partial charge in [-0.1, -0.05) is 122 Å². The van der Waals surface area contributed by atoms with Crippen molar-refractivity contribution in [2.24, 2.45) is 11.8 Å². The highest BCUT2D eigenvalue weighted by molar-refractivity contribution is 5.84. The maximum absolute atomic E-state index is 11.4. The van der Waals surface area contributed by atoms with Crippen molar-refractivity contribution in [1.82, 2.24) is 0 Å². The Bertz CT molecular complexity index is 892. The van der Waals surface area contributed by atoms with Crippen LogP contribution in [0, 0.1) is 11.8 Å². The molecule has 0 amide bonds. The molecule has 0 saturated carbocycles. The van der Waals surface area contributed by atoms with E-state index in [-0.39, 0.29) is 12.8 Å². The van der Waals surface area contributed by atoms with Crippen molar-refractivity contribution in [3.8, 4) is 0 Å². The Morgan fingerprint density at radius 3 is 1.37 bits per heavy atom. The van der Waals surface area contributed by atoms with Crippen LogP contribution in [0.4, 0.5) is 0 Å². The minimum atomic E-state index is -1.20. The lowest BCUT2D eigenvalue weighted by Crippen LogP contribution is -2.47. The molecule has 10 nitrogen and oxygen atoms in total. The van der Waals surface area contributed by atoms with Gasteiger partial charge in [0.1, 0.15) is 12.0 Å². The van der Waals surface area contributed by atoms with Crippen LogP contribution in [0.3, 0.4) is 0 Å². The lowest BCUT2D eigenvalue weighted by atomic mass is 9.81. The Morgan fingerprint density at radius 2 is 1.00 bits per heavy atom. The van der Waals surface area contributed by atoms with Crippen LogP contribution in [0.1, 0.15) is 174 Å². The van der Waals surface area contributed by atoms with Gasteiger partial charge in [-0.25, -0.2) is 0 Å². The number of cyclic esters (lactones) is 1. The third kappa shape index (κ3) is 31.8. The molecule has 10 heteroatoms. The molecular formula is C39H68O10. The van der Waals surface area contributed by atoms with Crippen LogP contribution in [0.5, 0.6) is 0 Å². The molecule has 1 heterocycles. The first kappa shape index (κ1) is 47.9. The third-order valence-corrected chi connectivity index (χ3v) is 8.55. The van der Waals surface area contributed by atoms with Gasteiger partial charge >= 0.3 is 29.8 Å². The van der Waals surface area contributed by atoms with E-state index in [0.717, 1.165) is 57.8 Å². The van der Waals surface area contributed by atoms with Crippen molar-refractivity contribution >= 4 is 29.8 Å². The quantitative estimate of drug-likeness (QED) is 0.0310. The molecule has 4 N–H and O–H groups in total. The van der Waals surface area contributed by atoms with Crippen LogP contribution < -0.4 is 0 Å². The number of hydrogen-bond donors (Lipinski definition) is 4. The summed E-state index contributed by atoms with van der Waals surface area (Å²) in [4.78, 5) is 53.9. The zero-order chi connectivity index (χ0) is 37.1. The van der Waals surface area contributed by atoms with E-state index in [1.54, 1.807) is 0 Å². The Kier molecular flexibility index (Phi) is 33.9.